The number of benzene rings is 1. The molecule has 1 aromatic carbocycles. The molecule has 0 bridgehead atoms. The standard InChI is InChI=1S/C17H21NS2/c1-2-18-15(10-13-6-4-3-5-7-13)17-11-14-12-19-9-8-16(14)20-17/h3-7,11,15,18H,2,8-10,12H2,1H3. The topological polar surface area (TPSA) is 12.0 Å². The number of hydrogen-bond donors (Lipinski definition) is 1. The molecule has 1 nitrogen and oxygen atoms in total. The molecule has 1 atom stereocenters. The third-order valence-corrected chi connectivity index (χ3v) is 6.08. The van der Waals surface area contributed by atoms with Gasteiger partial charge in [-0.25, -0.2) is 0 Å². The summed E-state index contributed by atoms with van der Waals surface area (Å²) in [5.41, 5.74) is 3.00. The van der Waals surface area contributed by atoms with Crippen LogP contribution < -0.4 is 5.32 Å². The fourth-order valence-electron chi connectivity index (χ4n) is 2.71. The fraction of sp³-hybridized carbons (Fsp3) is 0.412. The zero-order valence-electron chi connectivity index (χ0n) is 11.9. The largest absolute Gasteiger partial charge is 0.309 e. The van der Waals surface area contributed by atoms with Gasteiger partial charge in [-0.15, -0.1) is 11.3 Å². The Hall–Kier alpha value is -0.770. The van der Waals surface area contributed by atoms with E-state index >= 15 is 0 Å². The third kappa shape index (κ3) is 3.27. The Morgan fingerprint density at radius 3 is 2.85 bits per heavy atom. The molecule has 0 saturated carbocycles. The van der Waals surface area contributed by atoms with E-state index in [0.717, 1.165) is 13.0 Å². The first-order chi connectivity index (χ1) is 9.86. The Balaban J connectivity index is 1.81. The molecular formula is C17H21NS2. The number of aryl methyl sites for hydroxylation is 1. The summed E-state index contributed by atoms with van der Waals surface area (Å²) < 4.78 is 0. The van der Waals surface area contributed by atoms with Crippen molar-refractivity contribution in [1.29, 1.82) is 0 Å². The molecule has 1 aliphatic heterocycles. The van der Waals surface area contributed by atoms with Crippen LogP contribution in [0.25, 0.3) is 0 Å². The van der Waals surface area contributed by atoms with Gasteiger partial charge in [0.05, 0.1) is 0 Å². The van der Waals surface area contributed by atoms with Crippen molar-refractivity contribution in [1.82, 2.24) is 5.32 Å². The van der Waals surface area contributed by atoms with Crippen molar-refractivity contribution in [3.8, 4) is 0 Å². The summed E-state index contributed by atoms with van der Waals surface area (Å²) in [6.45, 7) is 3.22. The van der Waals surface area contributed by atoms with Gasteiger partial charge in [0.25, 0.3) is 0 Å². The first-order valence-corrected chi connectivity index (χ1v) is 9.30. The highest BCUT2D eigenvalue weighted by Gasteiger charge is 2.19. The number of nitrogens with one attached hydrogen (secondary N) is 1. The zero-order valence-corrected chi connectivity index (χ0v) is 13.5. The molecule has 2 aromatic rings. The highest BCUT2D eigenvalue weighted by molar-refractivity contribution is 7.98. The van der Waals surface area contributed by atoms with Crippen molar-refractivity contribution in [3.63, 3.8) is 0 Å². The second kappa shape index (κ2) is 6.79. The smallest absolute Gasteiger partial charge is 0.0455 e. The molecule has 0 aliphatic carbocycles. The molecule has 1 aromatic heterocycles. The van der Waals surface area contributed by atoms with Crippen LogP contribution in [0.1, 0.15) is 33.8 Å². The van der Waals surface area contributed by atoms with E-state index in [9.17, 15) is 0 Å². The molecule has 1 aliphatic rings. The summed E-state index contributed by atoms with van der Waals surface area (Å²) in [6.07, 6.45) is 2.34. The molecule has 1 unspecified atom stereocenters. The number of thioether (sulfide) groups is 1. The van der Waals surface area contributed by atoms with Gasteiger partial charge in [0.1, 0.15) is 0 Å². The summed E-state index contributed by atoms with van der Waals surface area (Å²) in [6, 6.07) is 13.7. The maximum Gasteiger partial charge on any atom is 0.0455 e. The summed E-state index contributed by atoms with van der Waals surface area (Å²) in [4.78, 5) is 3.14. The fourth-order valence-corrected chi connectivity index (χ4v) is 5.16. The second-order valence-corrected chi connectivity index (χ2v) is 7.47. The van der Waals surface area contributed by atoms with E-state index in [-0.39, 0.29) is 0 Å². The van der Waals surface area contributed by atoms with Crippen molar-refractivity contribution < 1.29 is 0 Å². The first kappa shape index (κ1) is 14.2. The van der Waals surface area contributed by atoms with Gasteiger partial charge in [0, 0.05) is 21.5 Å². The van der Waals surface area contributed by atoms with Crippen molar-refractivity contribution >= 4 is 23.1 Å². The van der Waals surface area contributed by atoms with Crippen LogP contribution in [0.5, 0.6) is 0 Å². The summed E-state index contributed by atoms with van der Waals surface area (Å²) >= 11 is 4.09. The molecule has 0 radical (unpaired) electrons. The summed E-state index contributed by atoms with van der Waals surface area (Å²) in [5, 5.41) is 3.66. The van der Waals surface area contributed by atoms with E-state index < -0.39 is 0 Å². The zero-order chi connectivity index (χ0) is 13.8. The minimum absolute atomic E-state index is 0.461. The number of fused-ring (bicyclic) bond motifs is 1. The molecule has 3 rings (SSSR count). The van der Waals surface area contributed by atoms with E-state index in [0.29, 0.717) is 6.04 Å². The normalized spacial score (nSPS) is 15.8. The predicted molar refractivity (Wildman–Crippen MR) is 90.7 cm³/mol. The number of likely N-dealkylation sites (N-methyl/N-ethyl adjacent to an activating group) is 1. The highest BCUT2D eigenvalue weighted by Crippen LogP contribution is 2.35. The van der Waals surface area contributed by atoms with Crippen LogP contribution in [0.2, 0.25) is 0 Å². The molecule has 2 heterocycles. The van der Waals surface area contributed by atoms with Crippen LogP contribution in [-0.2, 0) is 18.6 Å². The summed E-state index contributed by atoms with van der Waals surface area (Å²) in [5.74, 6) is 2.49. The van der Waals surface area contributed by atoms with E-state index in [2.05, 4.69) is 60.4 Å². The predicted octanol–water partition coefficient (Wildman–Crippen LogP) is 4.43. The van der Waals surface area contributed by atoms with Crippen LogP contribution in [0.15, 0.2) is 36.4 Å². The number of hydrogen-bond acceptors (Lipinski definition) is 3. The van der Waals surface area contributed by atoms with Crippen molar-refractivity contribution in [2.45, 2.75) is 31.6 Å². The maximum atomic E-state index is 3.66. The molecule has 0 fully saturated rings. The molecule has 0 saturated heterocycles. The molecular weight excluding hydrogens is 282 g/mol. The third-order valence-electron chi connectivity index (χ3n) is 3.72. The van der Waals surface area contributed by atoms with Crippen LogP contribution >= 0.6 is 23.1 Å². The van der Waals surface area contributed by atoms with Gasteiger partial charge >= 0.3 is 0 Å². The molecule has 3 heteroatoms. The Morgan fingerprint density at radius 1 is 1.25 bits per heavy atom. The van der Waals surface area contributed by atoms with Crippen LogP contribution in [0, 0.1) is 0 Å². The van der Waals surface area contributed by atoms with Crippen molar-refractivity contribution in [2.75, 3.05) is 12.3 Å². The highest BCUT2D eigenvalue weighted by atomic mass is 32.2. The van der Waals surface area contributed by atoms with E-state index in [1.807, 2.05) is 11.3 Å². The number of thiophene rings is 1. The molecule has 0 spiro atoms. The average Bonchev–Trinajstić information content (AvgIpc) is 2.92. The maximum absolute atomic E-state index is 3.66. The summed E-state index contributed by atoms with van der Waals surface area (Å²) in [7, 11) is 0. The quantitative estimate of drug-likeness (QED) is 0.877. The van der Waals surface area contributed by atoms with Gasteiger partial charge in [-0.2, -0.15) is 11.8 Å². The number of rotatable bonds is 5. The molecule has 1 N–H and O–H groups in total. The van der Waals surface area contributed by atoms with Crippen LogP contribution in [-0.4, -0.2) is 12.3 Å². The lowest BCUT2D eigenvalue weighted by Crippen LogP contribution is -2.22. The minimum atomic E-state index is 0.461. The van der Waals surface area contributed by atoms with Crippen molar-refractivity contribution in [3.05, 3.63) is 57.3 Å². The SMILES string of the molecule is CCNC(Cc1ccccc1)c1cc2c(s1)CCSC2. The van der Waals surface area contributed by atoms with Crippen molar-refractivity contribution in [2.24, 2.45) is 0 Å². The van der Waals surface area contributed by atoms with E-state index in [4.69, 9.17) is 0 Å². The lowest BCUT2D eigenvalue weighted by Gasteiger charge is -2.16. The average molecular weight is 303 g/mol. The Kier molecular flexibility index (Phi) is 4.81. The van der Waals surface area contributed by atoms with Gasteiger partial charge in [-0.05, 0) is 42.3 Å². The lowest BCUT2D eigenvalue weighted by molar-refractivity contribution is 0.558. The Labute approximate surface area is 129 Å². The Morgan fingerprint density at radius 2 is 2.10 bits per heavy atom. The minimum Gasteiger partial charge on any atom is -0.309 e. The monoisotopic (exact) mass is 303 g/mol. The van der Waals surface area contributed by atoms with Crippen LogP contribution in [0.3, 0.4) is 0 Å². The van der Waals surface area contributed by atoms with Gasteiger partial charge < -0.3 is 5.32 Å². The second-order valence-electron chi connectivity index (χ2n) is 5.20. The Bertz CT molecular complexity index is 524. The lowest BCUT2D eigenvalue weighted by atomic mass is 10.0. The van der Waals surface area contributed by atoms with E-state index in [1.165, 1.54) is 28.4 Å². The molecule has 0 amide bonds. The van der Waals surface area contributed by atoms with Gasteiger partial charge in [-0.1, -0.05) is 37.3 Å². The van der Waals surface area contributed by atoms with Gasteiger partial charge in [0.2, 0.25) is 0 Å². The van der Waals surface area contributed by atoms with E-state index in [1.54, 1.807) is 10.4 Å². The van der Waals surface area contributed by atoms with Gasteiger partial charge in [-0.3, -0.25) is 0 Å². The molecule has 20 heavy (non-hydrogen) atoms. The van der Waals surface area contributed by atoms with Crippen LogP contribution in [0.4, 0.5) is 0 Å². The molecule has 106 valence electrons. The first-order valence-electron chi connectivity index (χ1n) is 7.33. The van der Waals surface area contributed by atoms with Gasteiger partial charge in [0.15, 0.2) is 0 Å².